The van der Waals surface area contributed by atoms with E-state index in [1.165, 1.54) is 11.3 Å². The predicted molar refractivity (Wildman–Crippen MR) is 52.8 cm³/mol. The molecule has 0 saturated heterocycles. The maximum Gasteiger partial charge on any atom is 0.349 e. The second kappa shape index (κ2) is 3.23. The van der Waals surface area contributed by atoms with E-state index in [1.54, 1.807) is 11.8 Å². The van der Waals surface area contributed by atoms with Crippen molar-refractivity contribution in [3.05, 3.63) is 15.3 Å². The number of rotatable bonds is 1. The minimum absolute atomic E-state index is 0.0142. The van der Waals surface area contributed by atoms with Crippen LogP contribution in [0.3, 0.4) is 0 Å². The van der Waals surface area contributed by atoms with Crippen LogP contribution in [0.2, 0.25) is 0 Å². The third-order valence-electron chi connectivity index (χ3n) is 1.98. The molecule has 0 saturated carbocycles. The Morgan fingerprint density at radius 1 is 1.46 bits per heavy atom. The van der Waals surface area contributed by atoms with Crippen LogP contribution in [0.4, 0.5) is 0 Å². The number of thiophene rings is 1. The lowest BCUT2D eigenvalue weighted by molar-refractivity contribution is 0.0699. The lowest BCUT2D eigenvalue weighted by Crippen LogP contribution is -1.97. The van der Waals surface area contributed by atoms with Crippen LogP contribution in [0.15, 0.2) is 0 Å². The van der Waals surface area contributed by atoms with E-state index >= 15 is 0 Å². The van der Waals surface area contributed by atoms with Crippen molar-refractivity contribution in [1.82, 2.24) is 0 Å². The molecule has 2 rings (SSSR count). The fourth-order valence-electron chi connectivity index (χ4n) is 1.34. The average Bonchev–Trinajstić information content (AvgIpc) is 2.45. The van der Waals surface area contributed by atoms with E-state index in [2.05, 4.69) is 0 Å². The van der Waals surface area contributed by atoms with Crippen LogP contribution >= 0.6 is 23.1 Å². The molecule has 0 aromatic carbocycles. The van der Waals surface area contributed by atoms with Crippen LogP contribution in [0.5, 0.6) is 5.75 Å². The minimum atomic E-state index is -1.03. The van der Waals surface area contributed by atoms with Crippen LogP contribution in [0.25, 0.3) is 0 Å². The van der Waals surface area contributed by atoms with E-state index in [0.717, 1.165) is 28.4 Å². The zero-order valence-electron chi connectivity index (χ0n) is 6.74. The quantitative estimate of drug-likeness (QED) is 0.753. The SMILES string of the molecule is O=C(O)c1sc2c(c1O)CSCC2. The molecule has 0 fully saturated rings. The van der Waals surface area contributed by atoms with E-state index in [1.807, 2.05) is 0 Å². The first-order chi connectivity index (χ1) is 6.20. The number of hydrogen-bond donors (Lipinski definition) is 2. The van der Waals surface area contributed by atoms with E-state index in [-0.39, 0.29) is 10.6 Å². The van der Waals surface area contributed by atoms with E-state index < -0.39 is 5.97 Å². The smallest absolute Gasteiger partial charge is 0.349 e. The maximum absolute atomic E-state index is 10.7. The van der Waals surface area contributed by atoms with Gasteiger partial charge in [-0.05, 0) is 12.2 Å². The van der Waals surface area contributed by atoms with Crippen LogP contribution in [-0.2, 0) is 12.2 Å². The van der Waals surface area contributed by atoms with Gasteiger partial charge in [-0.25, -0.2) is 4.79 Å². The van der Waals surface area contributed by atoms with Gasteiger partial charge in [-0.3, -0.25) is 0 Å². The summed E-state index contributed by atoms with van der Waals surface area (Å²) in [4.78, 5) is 11.8. The van der Waals surface area contributed by atoms with Gasteiger partial charge in [0.1, 0.15) is 5.75 Å². The molecule has 0 spiro atoms. The number of aromatic hydroxyl groups is 1. The molecule has 1 aliphatic heterocycles. The number of fused-ring (bicyclic) bond motifs is 1. The molecule has 2 N–H and O–H groups in total. The van der Waals surface area contributed by atoms with Gasteiger partial charge in [0.05, 0.1) is 0 Å². The fourth-order valence-corrected chi connectivity index (χ4v) is 3.62. The second-order valence-corrected chi connectivity index (χ2v) is 5.00. The summed E-state index contributed by atoms with van der Waals surface area (Å²) in [6.07, 6.45) is 0.880. The molecule has 3 nitrogen and oxygen atoms in total. The topological polar surface area (TPSA) is 57.5 Å². The predicted octanol–water partition coefficient (Wildman–Crippen LogP) is 1.94. The lowest BCUT2D eigenvalue weighted by atomic mass is 10.2. The van der Waals surface area contributed by atoms with Crippen LogP contribution < -0.4 is 0 Å². The van der Waals surface area contributed by atoms with Crippen molar-refractivity contribution in [3.63, 3.8) is 0 Å². The molecule has 0 amide bonds. The molecule has 0 unspecified atom stereocenters. The summed E-state index contributed by atoms with van der Waals surface area (Å²) in [5, 5.41) is 18.3. The van der Waals surface area contributed by atoms with Crippen molar-refractivity contribution in [2.45, 2.75) is 12.2 Å². The molecule has 0 radical (unpaired) electrons. The first-order valence-electron chi connectivity index (χ1n) is 3.84. The van der Waals surface area contributed by atoms with Crippen LogP contribution in [0, 0.1) is 0 Å². The summed E-state index contributed by atoms with van der Waals surface area (Å²) in [5.41, 5.74) is 0.832. The van der Waals surface area contributed by atoms with Gasteiger partial charge in [-0.2, -0.15) is 11.8 Å². The highest BCUT2D eigenvalue weighted by atomic mass is 32.2. The van der Waals surface area contributed by atoms with Crippen LogP contribution in [-0.4, -0.2) is 21.9 Å². The zero-order chi connectivity index (χ0) is 9.42. The molecular formula is C8H8O3S2. The molecule has 0 aliphatic carbocycles. The summed E-state index contributed by atoms with van der Waals surface area (Å²) < 4.78 is 0. The Labute approximate surface area is 83.4 Å². The zero-order valence-corrected chi connectivity index (χ0v) is 8.37. The third-order valence-corrected chi connectivity index (χ3v) is 4.23. The molecule has 1 aliphatic rings. The summed E-state index contributed by atoms with van der Waals surface area (Å²) in [5.74, 6) is 0.721. The van der Waals surface area contributed by atoms with E-state index in [0.29, 0.717) is 0 Å². The molecule has 70 valence electrons. The van der Waals surface area contributed by atoms with E-state index in [4.69, 9.17) is 5.11 Å². The highest BCUT2D eigenvalue weighted by Gasteiger charge is 2.23. The first-order valence-corrected chi connectivity index (χ1v) is 5.82. The molecule has 1 aromatic heterocycles. The van der Waals surface area contributed by atoms with Crippen molar-refractivity contribution in [3.8, 4) is 5.75 Å². The second-order valence-electron chi connectivity index (χ2n) is 2.79. The Hall–Kier alpha value is -0.680. The average molecular weight is 216 g/mol. The molecule has 5 heteroatoms. The fraction of sp³-hybridized carbons (Fsp3) is 0.375. The number of aromatic carboxylic acids is 1. The van der Waals surface area contributed by atoms with Gasteiger partial charge in [0.25, 0.3) is 0 Å². The maximum atomic E-state index is 10.7. The summed E-state index contributed by atoms with van der Waals surface area (Å²) in [6, 6.07) is 0. The highest BCUT2D eigenvalue weighted by Crippen LogP contribution is 2.40. The van der Waals surface area contributed by atoms with Crippen molar-refractivity contribution in [2.24, 2.45) is 0 Å². The molecule has 13 heavy (non-hydrogen) atoms. The number of carboxylic acids is 1. The van der Waals surface area contributed by atoms with Crippen molar-refractivity contribution in [1.29, 1.82) is 0 Å². The largest absolute Gasteiger partial charge is 0.506 e. The Bertz CT molecular complexity index is 357. The Morgan fingerprint density at radius 3 is 2.85 bits per heavy atom. The Kier molecular flexibility index (Phi) is 2.21. The summed E-state index contributed by atoms with van der Waals surface area (Å²) in [7, 11) is 0. The standard InChI is InChI=1S/C8H8O3S2/c9-6-4-3-12-2-1-5(4)13-7(6)8(10)11/h9H,1-3H2,(H,10,11). The van der Waals surface area contributed by atoms with Crippen molar-refractivity contribution < 1.29 is 15.0 Å². The van der Waals surface area contributed by atoms with Gasteiger partial charge in [0.2, 0.25) is 0 Å². The van der Waals surface area contributed by atoms with Gasteiger partial charge in [0.15, 0.2) is 4.88 Å². The molecule has 2 heterocycles. The van der Waals surface area contributed by atoms with Gasteiger partial charge in [0, 0.05) is 16.2 Å². The highest BCUT2D eigenvalue weighted by molar-refractivity contribution is 7.98. The molecular weight excluding hydrogens is 208 g/mol. The van der Waals surface area contributed by atoms with Gasteiger partial charge in [-0.15, -0.1) is 11.3 Å². The number of aryl methyl sites for hydroxylation is 1. The first kappa shape index (κ1) is 8.90. The molecule has 0 atom stereocenters. The molecule has 0 bridgehead atoms. The normalized spacial score (nSPS) is 15.4. The number of carboxylic acid groups (broad SMARTS) is 1. The van der Waals surface area contributed by atoms with E-state index in [9.17, 15) is 9.90 Å². The van der Waals surface area contributed by atoms with Crippen molar-refractivity contribution >= 4 is 29.1 Å². The third kappa shape index (κ3) is 1.42. The van der Waals surface area contributed by atoms with Gasteiger partial charge >= 0.3 is 5.97 Å². The van der Waals surface area contributed by atoms with Crippen molar-refractivity contribution in [2.75, 3.05) is 5.75 Å². The van der Waals surface area contributed by atoms with Gasteiger partial charge in [-0.1, -0.05) is 0 Å². The summed E-state index contributed by atoms with van der Waals surface area (Å²) >= 11 is 2.94. The number of carbonyl (C=O) groups is 1. The number of thioether (sulfide) groups is 1. The minimum Gasteiger partial charge on any atom is -0.506 e. The number of hydrogen-bond acceptors (Lipinski definition) is 4. The Balaban J connectivity index is 2.50. The van der Waals surface area contributed by atoms with Gasteiger partial charge < -0.3 is 10.2 Å². The van der Waals surface area contributed by atoms with Crippen LogP contribution in [0.1, 0.15) is 20.1 Å². The monoisotopic (exact) mass is 216 g/mol. The Morgan fingerprint density at radius 2 is 2.23 bits per heavy atom. The summed E-state index contributed by atoms with van der Waals surface area (Å²) in [6.45, 7) is 0. The molecule has 1 aromatic rings. The lowest BCUT2D eigenvalue weighted by Gasteiger charge is -2.09.